The molecule has 6 nitrogen and oxygen atoms in total. The Labute approximate surface area is 94.3 Å². The molecular formula is C10H18N2O4. The second kappa shape index (κ2) is 6.32. The summed E-state index contributed by atoms with van der Waals surface area (Å²) < 4.78 is 5.30. The molecule has 0 spiro atoms. The predicted molar refractivity (Wildman–Crippen MR) is 57.2 cm³/mol. The van der Waals surface area contributed by atoms with Gasteiger partial charge in [-0.25, -0.2) is 4.79 Å². The van der Waals surface area contributed by atoms with Crippen molar-refractivity contribution >= 4 is 12.0 Å². The zero-order valence-electron chi connectivity index (χ0n) is 9.36. The molecule has 1 aliphatic carbocycles. The summed E-state index contributed by atoms with van der Waals surface area (Å²) in [6.07, 6.45) is 2.48. The molecular weight excluding hydrogens is 212 g/mol. The monoisotopic (exact) mass is 230 g/mol. The smallest absolute Gasteiger partial charge is 0.325 e. The summed E-state index contributed by atoms with van der Waals surface area (Å²) in [5, 5.41) is 13.4. The Kier molecular flexibility index (Phi) is 5.04. The highest BCUT2D eigenvalue weighted by Crippen LogP contribution is 2.28. The zero-order valence-corrected chi connectivity index (χ0v) is 9.36. The van der Waals surface area contributed by atoms with E-state index in [2.05, 4.69) is 10.6 Å². The molecule has 0 saturated heterocycles. The van der Waals surface area contributed by atoms with Gasteiger partial charge in [0.05, 0.1) is 6.61 Å². The number of carbonyl (C=O) groups excluding carboxylic acids is 1. The topological polar surface area (TPSA) is 87.7 Å². The number of carboxylic acids is 1. The summed E-state index contributed by atoms with van der Waals surface area (Å²) in [4.78, 5) is 21.6. The van der Waals surface area contributed by atoms with E-state index in [1.54, 1.807) is 0 Å². The molecule has 1 saturated carbocycles. The fraction of sp³-hybridized carbons (Fsp3) is 0.800. The fourth-order valence-electron chi connectivity index (χ4n) is 1.08. The van der Waals surface area contributed by atoms with E-state index in [1.807, 2.05) is 0 Å². The lowest BCUT2D eigenvalue weighted by Crippen LogP contribution is -2.45. The van der Waals surface area contributed by atoms with Crippen molar-refractivity contribution in [2.75, 3.05) is 19.8 Å². The van der Waals surface area contributed by atoms with E-state index >= 15 is 0 Å². The van der Waals surface area contributed by atoms with Crippen LogP contribution in [0.3, 0.4) is 0 Å². The van der Waals surface area contributed by atoms with Gasteiger partial charge in [0, 0.05) is 13.2 Å². The van der Waals surface area contributed by atoms with Gasteiger partial charge in [-0.1, -0.05) is 0 Å². The minimum Gasteiger partial charge on any atom is -0.480 e. The second-order valence-corrected chi connectivity index (χ2v) is 3.98. The Bertz CT molecular complexity index is 253. The Morgan fingerprint density at radius 1 is 1.50 bits per heavy atom. The van der Waals surface area contributed by atoms with Crippen LogP contribution in [0.15, 0.2) is 0 Å². The summed E-state index contributed by atoms with van der Waals surface area (Å²) in [6, 6.07) is -1.36. The normalized spacial score (nSPS) is 16.6. The van der Waals surface area contributed by atoms with Gasteiger partial charge in [0.15, 0.2) is 0 Å². The summed E-state index contributed by atoms with van der Waals surface area (Å²) >= 11 is 0. The molecule has 3 N–H and O–H groups in total. The predicted octanol–water partition coefficient (Wildman–Crippen LogP) is 0.185. The number of hydrogen-bond donors (Lipinski definition) is 3. The molecule has 0 aromatic rings. The van der Waals surface area contributed by atoms with Gasteiger partial charge in [0.1, 0.15) is 6.04 Å². The largest absolute Gasteiger partial charge is 0.480 e. The molecule has 0 aromatic heterocycles. The van der Waals surface area contributed by atoms with Crippen molar-refractivity contribution in [3.63, 3.8) is 0 Å². The van der Waals surface area contributed by atoms with Crippen LogP contribution in [-0.4, -0.2) is 42.9 Å². The highest BCUT2D eigenvalue weighted by Gasteiger charge is 2.20. The number of rotatable bonds is 7. The van der Waals surface area contributed by atoms with Gasteiger partial charge in [0.2, 0.25) is 0 Å². The molecule has 1 unspecified atom stereocenters. The molecule has 0 radical (unpaired) electrons. The molecule has 2 amide bonds. The lowest BCUT2D eigenvalue weighted by molar-refractivity contribution is -0.138. The number of carboxylic acid groups (broad SMARTS) is 1. The van der Waals surface area contributed by atoms with Crippen molar-refractivity contribution in [2.45, 2.75) is 25.8 Å². The molecule has 1 rings (SSSR count). The van der Waals surface area contributed by atoms with Crippen LogP contribution in [0.2, 0.25) is 0 Å². The van der Waals surface area contributed by atoms with Crippen molar-refractivity contribution in [2.24, 2.45) is 5.92 Å². The molecule has 6 heteroatoms. The number of amides is 2. The average molecular weight is 230 g/mol. The van der Waals surface area contributed by atoms with Crippen LogP contribution in [0, 0.1) is 5.92 Å². The molecule has 1 atom stereocenters. The summed E-state index contributed by atoms with van der Waals surface area (Å²) in [5.41, 5.74) is 0. The van der Waals surface area contributed by atoms with Crippen molar-refractivity contribution in [1.29, 1.82) is 0 Å². The third-order valence-electron chi connectivity index (χ3n) is 2.30. The van der Waals surface area contributed by atoms with Gasteiger partial charge in [0.25, 0.3) is 0 Å². The third-order valence-corrected chi connectivity index (χ3v) is 2.30. The van der Waals surface area contributed by atoms with Crippen LogP contribution in [0.25, 0.3) is 0 Å². The number of carbonyl (C=O) groups is 2. The van der Waals surface area contributed by atoms with Crippen LogP contribution in [0.4, 0.5) is 4.79 Å². The van der Waals surface area contributed by atoms with Gasteiger partial charge < -0.3 is 20.5 Å². The molecule has 92 valence electrons. The van der Waals surface area contributed by atoms with E-state index in [1.165, 1.54) is 19.8 Å². The summed E-state index contributed by atoms with van der Waals surface area (Å²) in [5.74, 6) is -0.346. The SMILES string of the molecule is CC(NC(=O)NCCOCC1CC1)C(=O)O. The van der Waals surface area contributed by atoms with Crippen molar-refractivity contribution in [1.82, 2.24) is 10.6 Å². The number of urea groups is 1. The Balaban J connectivity index is 1.94. The molecule has 0 heterocycles. The molecule has 0 bridgehead atoms. The maximum absolute atomic E-state index is 11.1. The Morgan fingerprint density at radius 2 is 2.19 bits per heavy atom. The van der Waals surface area contributed by atoms with E-state index in [4.69, 9.17) is 9.84 Å². The maximum Gasteiger partial charge on any atom is 0.325 e. The van der Waals surface area contributed by atoms with E-state index in [0.29, 0.717) is 19.1 Å². The minimum absolute atomic E-state index is 0.394. The standard InChI is InChI=1S/C10H18N2O4/c1-7(9(13)14)12-10(15)11-4-5-16-6-8-2-3-8/h7-8H,2-6H2,1H3,(H,13,14)(H2,11,12,15). The fourth-order valence-corrected chi connectivity index (χ4v) is 1.08. The van der Waals surface area contributed by atoms with Gasteiger partial charge in [-0.3, -0.25) is 4.79 Å². The first kappa shape index (κ1) is 12.8. The molecule has 1 fully saturated rings. The van der Waals surface area contributed by atoms with E-state index in [-0.39, 0.29) is 0 Å². The van der Waals surface area contributed by atoms with Gasteiger partial charge >= 0.3 is 12.0 Å². The summed E-state index contributed by atoms with van der Waals surface area (Å²) in [6.45, 7) is 3.02. The average Bonchev–Trinajstić information content (AvgIpc) is 3.00. The van der Waals surface area contributed by atoms with Crippen molar-refractivity contribution in [3.8, 4) is 0 Å². The number of hydrogen-bond acceptors (Lipinski definition) is 3. The van der Waals surface area contributed by atoms with Gasteiger partial charge in [-0.05, 0) is 25.7 Å². The number of nitrogens with one attached hydrogen (secondary N) is 2. The first-order chi connectivity index (χ1) is 7.59. The van der Waals surface area contributed by atoms with E-state index in [0.717, 1.165) is 6.61 Å². The van der Waals surface area contributed by atoms with Crippen LogP contribution in [0.1, 0.15) is 19.8 Å². The Hall–Kier alpha value is -1.30. The second-order valence-electron chi connectivity index (χ2n) is 3.98. The molecule has 16 heavy (non-hydrogen) atoms. The lowest BCUT2D eigenvalue weighted by Gasteiger charge is -2.10. The highest BCUT2D eigenvalue weighted by atomic mass is 16.5. The van der Waals surface area contributed by atoms with Crippen LogP contribution < -0.4 is 10.6 Å². The van der Waals surface area contributed by atoms with Crippen LogP contribution >= 0.6 is 0 Å². The third kappa shape index (κ3) is 5.55. The van der Waals surface area contributed by atoms with E-state index in [9.17, 15) is 9.59 Å². The van der Waals surface area contributed by atoms with Gasteiger partial charge in [-0.2, -0.15) is 0 Å². The lowest BCUT2D eigenvalue weighted by atomic mass is 10.3. The first-order valence-corrected chi connectivity index (χ1v) is 5.44. The van der Waals surface area contributed by atoms with Crippen LogP contribution in [0.5, 0.6) is 0 Å². The quantitative estimate of drug-likeness (QED) is 0.545. The molecule has 0 aromatic carbocycles. The van der Waals surface area contributed by atoms with Crippen LogP contribution in [-0.2, 0) is 9.53 Å². The molecule has 0 aliphatic heterocycles. The summed E-state index contributed by atoms with van der Waals surface area (Å²) in [7, 11) is 0. The highest BCUT2D eigenvalue weighted by molar-refractivity contribution is 5.82. The number of aliphatic carboxylic acids is 1. The van der Waals surface area contributed by atoms with E-state index < -0.39 is 18.0 Å². The minimum atomic E-state index is -1.06. The zero-order chi connectivity index (χ0) is 12.0. The van der Waals surface area contributed by atoms with Gasteiger partial charge in [-0.15, -0.1) is 0 Å². The van der Waals surface area contributed by atoms with Crippen molar-refractivity contribution in [3.05, 3.63) is 0 Å². The Morgan fingerprint density at radius 3 is 2.75 bits per heavy atom. The van der Waals surface area contributed by atoms with Crippen molar-refractivity contribution < 1.29 is 19.4 Å². The number of ether oxygens (including phenoxy) is 1. The molecule has 1 aliphatic rings. The maximum atomic E-state index is 11.1. The first-order valence-electron chi connectivity index (χ1n) is 5.44.